The van der Waals surface area contributed by atoms with Crippen LogP contribution >= 0.6 is 0 Å². The Bertz CT molecular complexity index is 605. The molecule has 110 valence electrons. The number of H-pyrrole nitrogens is 1. The lowest BCUT2D eigenvalue weighted by molar-refractivity contribution is 0.0783. The van der Waals surface area contributed by atoms with Gasteiger partial charge in [0.1, 0.15) is 0 Å². The average molecular weight is 286 g/mol. The highest BCUT2D eigenvalue weighted by molar-refractivity contribution is 5.95. The summed E-state index contributed by atoms with van der Waals surface area (Å²) in [4.78, 5) is 18.3. The molecule has 1 aliphatic heterocycles. The third kappa shape index (κ3) is 2.95. The van der Waals surface area contributed by atoms with Crippen LogP contribution in [0, 0.1) is 0 Å². The molecule has 0 spiro atoms. The van der Waals surface area contributed by atoms with Gasteiger partial charge in [-0.25, -0.2) is 0 Å². The summed E-state index contributed by atoms with van der Waals surface area (Å²) < 4.78 is 5.39. The normalized spacial score (nSPS) is 17.9. The van der Waals surface area contributed by atoms with Gasteiger partial charge >= 0.3 is 0 Å². The molecular formula is C15H18N4O2. The number of hydrogen-bond donors (Lipinski definition) is 1. The summed E-state index contributed by atoms with van der Waals surface area (Å²) in [5, 5.41) is 6.99. The number of hydrogen-bond acceptors (Lipinski definition) is 4. The van der Waals surface area contributed by atoms with Crippen LogP contribution in [0.3, 0.4) is 0 Å². The summed E-state index contributed by atoms with van der Waals surface area (Å²) in [7, 11) is 1.79. The van der Waals surface area contributed by atoms with Gasteiger partial charge in [0.05, 0.1) is 24.1 Å². The van der Waals surface area contributed by atoms with Gasteiger partial charge in [0.2, 0.25) is 0 Å². The number of amides is 1. The molecule has 1 saturated heterocycles. The molecule has 21 heavy (non-hydrogen) atoms. The largest absolute Gasteiger partial charge is 0.381 e. The Hall–Kier alpha value is -2.21. The van der Waals surface area contributed by atoms with Crippen molar-refractivity contribution in [1.82, 2.24) is 20.1 Å². The van der Waals surface area contributed by atoms with Crippen molar-refractivity contribution in [2.45, 2.75) is 18.9 Å². The third-order valence-electron chi connectivity index (χ3n) is 3.73. The molecule has 2 aromatic rings. The van der Waals surface area contributed by atoms with E-state index in [4.69, 9.17) is 4.74 Å². The predicted octanol–water partition coefficient (Wildman–Crippen LogP) is 1.58. The van der Waals surface area contributed by atoms with E-state index in [1.54, 1.807) is 30.5 Å². The molecule has 1 aliphatic rings. The Morgan fingerprint density at radius 2 is 2.43 bits per heavy atom. The number of rotatable bonds is 4. The minimum Gasteiger partial charge on any atom is -0.381 e. The van der Waals surface area contributed by atoms with E-state index in [9.17, 15) is 4.79 Å². The smallest absolute Gasteiger partial charge is 0.257 e. The van der Waals surface area contributed by atoms with Gasteiger partial charge in [-0.15, -0.1) is 0 Å². The highest BCUT2D eigenvalue weighted by Crippen LogP contribution is 2.26. The number of nitrogens with zero attached hydrogens (tertiary/aromatic N) is 3. The average Bonchev–Trinajstić information content (AvgIpc) is 3.18. The number of nitrogens with one attached hydrogen (secondary N) is 1. The standard InChI is InChI=1S/C15H18N4O2/c1-19(9-11-3-2-5-16-7-11)15(20)13-8-17-18-14(13)12-4-6-21-10-12/h2-3,5,7-8,12H,4,6,9-10H2,1H3,(H,17,18)/t12-/m0/s1. The van der Waals surface area contributed by atoms with E-state index in [-0.39, 0.29) is 11.8 Å². The molecule has 1 N–H and O–H groups in total. The number of pyridine rings is 1. The Balaban J connectivity index is 1.74. The number of carbonyl (C=O) groups excluding carboxylic acids is 1. The maximum absolute atomic E-state index is 12.6. The highest BCUT2D eigenvalue weighted by Gasteiger charge is 2.26. The minimum absolute atomic E-state index is 0.0329. The first-order valence-corrected chi connectivity index (χ1v) is 7.01. The Labute approximate surface area is 123 Å². The Kier molecular flexibility index (Phi) is 3.96. The molecule has 0 unspecified atom stereocenters. The van der Waals surface area contributed by atoms with Crippen LogP contribution in [-0.2, 0) is 11.3 Å². The first kappa shape index (κ1) is 13.8. The van der Waals surface area contributed by atoms with Crippen LogP contribution in [0.2, 0.25) is 0 Å². The van der Waals surface area contributed by atoms with E-state index in [1.807, 2.05) is 12.1 Å². The van der Waals surface area contributed by atoms with Gasteiger partial charge in [0.25, 0.3) is 5.91 Å². The topological polar surface area (TPSA) is 71.1 Å². The highest BCUT2D eigenvalue weighted by atomic mass is 16.5. The van der Waals surface area contributed by atoms with Crippen LogP contribution in [0.1, 0.15) is 34.0 Å². The predicted molar refractivity (Wildman–Crippen MR) is 76.8 cm³/mol. The zero-order valence-electron chi connectivity index (χ0n) is 12.0. The second-order valence-corrected chi connectivity index (χ2v) is 5.28. The van der Waals surface area contributed by atoms with Gasteiger partial charge in [0, 0.05) is 38.5 Å². The monoisotopic (exact) mass is 286 g/mol. The van der Waals surface area contributed by atoms with Crippen LogP contribution in [0.25, 0.3) is 0 Å². The molecule has 3 heterocycles. The van der Waals surface area contributed by atoms with Gasteiger partial charge in [-0.1, -0.05) is 6.07 Å². The Morgan fingerprint density at radius 1 is 1.52 bits per heavy atom. The second-order valence-electron chi connectivity index (χ2n) is 5.28. The molecule has 1 amide bonds. The quantitative estimate of drug-likeness (QED) is 0.926. The summed E-state index contributed by atoms with van der Waals surface area (Å²) in [6.07, 6.45) is 6.02. The van der Waals surface area contributed by atoms with E-state index in [0.717, 1.165) is 24.3 Å². The van der Waals surface area contributed by atoms with Crippen molar-refractivity contribution < 1.29 is 9.53 Å². The van der Waals surface area contributed by atoms with Crippen molar-refractivity contribution in [3.8, 4) is 0 Å². The molecule has 0 radical (unpaired) electrons. The lowest BCUT2D eigenvalue weighted by atomic mass is 10.0. The van der Waals surface area contributed by atoms with Crippen molar-refractivity contribution >= 4 is 5.91 Å². The van der Waals surface area contributed by atoms with Gasteiger partial charge < -0.3 is 9.64 Å². The lowest BCUT2D eigenvalue weighted by Gasteiger charge is -2.18. The molecule has 0 saturated carbocycles. The van der Waals surface area contributed by atoms with E-state index >= 15 is 0 Å². The summed E-state index contributed by atoms with van der Waals surface area (Å²) >= 11 is 0. The molecule has 6 nitrogen and oxygen atoms in total. The zero-order chi connectivity index (χ0) is 14.7. The van der Waals surface area contributed by atoms with Crippen LogP contribution < -0.4 is 0 Å². The SMILES string of the molecule is CN(Cc1cccnc1)C(=O)c1cn[nH]c1[C@H]1CCOC1. The van der Waals surface area contributed by atoms with Crippen LogP contribution in [0.15, 0.2) is 30.7 Å². The van der Waals surface area contributed by atoms with Crippen molar-refractivity contribution in [3.63, 3.8) is 0 Å². The van der Waals surface area contributed by atoms with Crippen molar-refractivity contribution in [2.24, 2.45) is 0 Å². The summed E-state index contributed by atoms with van der Waals surface area (Å²) in [5.41, 5.74) is 2.52. The number of aromatic nitrogens is 3. The number of carbonyl (C=O) groups is 1. The second kappa shape index (κ2) is 6.05. The van der Waals surface area contributed by atoms with Gasteiger partial charge in [-0.2, -0.15) is 5.10 Å². The molecule has 1 atom stereocenters. The fraction of sp³-hybridized carbons (Fsp3) is 0.400. The summed E-state index contributed by atoms with van der Waals surface area (Å²) in [6, 6.07) is 3.82. The molecule has 6 heteroatoms. The maximum Gasteiger partial charge on any atom is 0.257 e. The first-order chi connectivity index (χ1) is 10.3. The van der Waals surface area contributed by atoms with Crippen molar-refractivity contribution in [1.29, 1.82) is 0 Å². The van der Waals surface area contributed by atoms with E-state index in [2.05, 4.69) is 15.2 Å². The van der Waals surface area contributed by atoms with Gasteiger partial charge in [-0.05, 0) is 18.1 Å². The zero-order valence-corrected chi connectivity index (χ0v) is 12.0. The van der Waals surface area contributed by atoms with Gasteiger partial charge in [0.15, 0.2) is 0 Å². The van der Waals surface area contributed by atoms with Crippen LogP contribution in [-0.4, -0.2) is 46.2 Å². The first-order valence-electron chi connectivity index (χ1n) is 7.01. The molecule has 0 aromatic carbocycles. The van der Waals surface area contributed by atoms with E-state index in [1.165, 1.54) is 0 Å². The van der Waals surface area contributed by atoms with Crippen molar-refractivity contribution in [3.05, 3.63) is 47.5 Å². The number of ether oxygens (including phenoxy) is 1. The summed E-state index contributed by atoms with van der Waals surface area (Å²) in [6.45, 7) is 1.91. The molecule has 2 aromatic heterocycles. The molecule has 3 rings (SSSR count). The minimum atomic E-state index is -0.0329. The van der Waals surface area contributed by atoms with Crippen LogP contribution in [0.4, 0.5) is 0 Å². The molecule has 0 aliphatic carbocycles. The lowest BCUT2D eigenvalue weighted by Crippen LogP contribution is -2.27. The van der Waals surface area contributed by atoms with E-state index in [0.29, 0.717) is 18.7 Å². The summed E-state index contributed by atoms with van der Waals surface area (Å²) in [5.74, 6) is 0.202. The fourth-order valence-electron chi connectivity index (χ4n) is 2.58. The third-order valence-corrected chi connectivity index (χ3v) is 3.73. The van der Waals surface area contributed by atoms with Gasteiger partial charge in [-0.3, -0.25) is 14.9 Å². The molecule has 1 fully saturated rings. The Morgan fingerprint density at radius 3 is 3.14 bits per heavy atom. The molecule has 0 bridgehead atoms. The van der Waals surface area contributed by atoms with E-state index < -0.39 is 0 Å². The number of aromatic amines is 1. The fourth-order valence-corrected chi connectivity index (χ4v) is 2.58. The maximum atomic E-state index is 12.6. The van der Waals surface area contributed by atoms with Crippen molar-refractivity contribution in [2.75, 3.05) is 20.3 Å². The van der Waals surface area contributed by atoms with Crippen LogP contribution in [0.5, 0.6) is 0 Å². The molecular weight excluding hydrogens is 268 g/mol.